The lowest BCUT2D eigenvalue weighted by atomic mass is 9.54. The van der Waals surface area contributed by atoms with Crippen molar-refractivity contribution in [2.75, 3.05) is 13.2 Å². The maximum Gasteiger partial charge on any atom is 0.338 e. The summed E-state index contributed by atoms with van der Waals surface area (Å²) in [7, 11) is 0. The van der Waals surface area contributed by atoms with Crippen LogP contribution in [0, 0.1) is 11.3 Å². The van der Waals surface area contributed by atoms with E-state index in [1.54, 1.807) is 13.8 Å². The van der Waals surface area contributed by atoms with Crippen molar-refractivity contribution < 1.29 is 23.8 Å². The summed E-state index contributed by atoms with van der Waals surface area (Å²) in [6.45, 7) is 8.02. The number of ether oxygens (including phenoxy) is 3. The third-order valence-corrected chi connectivity index (χ3v) is 4.12. The maximum atomic E-state index is 12.1. The van der Waals surface area contributed by atoms with Gasteiger partial charge < -0.3 is 14.2 Å². The van der Waals surface area contributed by atoms with Crippen LogP contribution in [-0.4, -0.2) is 31.3 Å². The SMILES string of the molecule is CCOC(=O)C1=C(C)OC(=O)C2CC(OCC)C12C. The molecular weight excluding hydrogens is 248 g/mol. The smallest absolute Gasteiger partial charge is 0.338 e. The van der Waals surface area contributed by atoms with Crippen LogP contribution in [0.15, 0.2) is 11.3 Å². The van der Waals surface area contributed by atoms with Crippen molar-refractivity contribution >= 4 is 11.9 Å². The number of fused-ring (bicyclic) bond motifs is 1. The van der Waals surface area contributed by atoms with Crippen molar-refractivity contribution in [2.24, 2.45) is 11.3 Å². The molecule has 1 aliphatic heterocycles. The van der Waals surface area contributed by atoms with E-state index in [1.165, 1.54) is 0 Å². The third-order valence-electron chi connectivity index (χ3n) is 4.12. The molecule has 0 N–H and O–H groups in total. The highest BCUT2D eigenvalue weighted by Crippen LogP contribution is 2.57. The van der Waals surface area contributed by atoms with Gasteiger partial charge in [0.2, 0.25) is 0 Å². The van der Waals surface area contributed by atoms with Gasteiger partial charge in [0.1, 0.15) is 5.76 Å². The fourth-order valence-electron chi connectivity index (χ4n) is 3.11. The van der Waals surface area contributed by atoms with Crippen LogP contribution in [0.2, 0.25) is 0 Å². The monoisotopic (exact) mass is 268 g/mol. The first-order valence-corrected chi connectivity index (χ1v) is 6.68. The summed E-state index contributed by atoms with van der Waals surface area (Å²) in [6, 6.07) is 0. The van der Waals surface area contributed by atoms with Gasteiger partial charge in [0.05, 0.1) is 24.2 Å². The van der Waals surface area contributed by atoms with Crippen LogP contribution in [0.1, 0.15) is 34.1 Å². The fourth-order valence-corrected chi connectivity index (χ4v) is 3.11. The van der Waals surface area contributed by atoms with Crippen LogP contribution in [0.4, 0.5) is 0 Å². The Balaban J connectivity index is 2.38. The highest BCUT2D eigenvalue weighted by atomic mass is 16.6. The average Bonchev–Trinajstić information content (AvgIpc) is 2.32. The summed E-state index contributed by atoms with van der Waals surface area (Å²) >= 11 is 0. The topological polar surface area (TPSA) is 61.8 Å². The number of carbonyl (C=O) groups is 2. The van der Waals surface area contributed by atoms with E-state index in [4.69, 9.17) is 14.2 Å². The molecule has 3 unspecified atom stereocenters. The fraction of sp³-hybridized carbons (Fsp3) is 0.714. The van der Waals surface area contributed by atoms with Gasteiger partial charge in [-0.15, -0.1) is 0 Å². The molecular formula is C14H20O5. The minimum atomic E-state index is -0.623. The van der Waals surface area contributed by atoms with Crippen LogP contribution in [0.25, 0.3) is 0 Å². The number of esters is 2. The number of hydrogen-bond acceptors (Lipinski definition) is 5. The second kappa shape index (κ2) is 4.96. The zero-order chi connectivity index (χ0) is 14.2. The zero-order valence-electron chi connectivity index (χ0n) is 11.8. The molecule has 0 saturated heterocycles. The lowest BCUT2D eigenvalue weighted by Gasteiger charge is -2.54. The Morgan fingerprint density at radius 1 is 1.42 bits per heavy atom. The summed E-state index contributed by atoms with van der Waals surface area (Å²) in [6.07, 6.45) is 0.462. The standard InChI is InChI=1S/C14H20O5/c1-5-17-10-7-9-12(15)19-8(3)11(14(9,10)4)13(16)18-6-2/h9-10H,5-7H2,1-4H3. The van der Waals surface area contributed by atoms with E-state index >= 15 is 0 Å². The van der Waals surface area contributed by atoms with E-state index in [-0.39, 0.29) is 18.0 Å². The van der Waals surface area contributed by atoms with Crippen molar-refractivity contribution in [1.82, 2.24) is 0 Å². The van der Waals surface area contributed by atoms with Gasteiger partial charge in [-0.05, 0) is 27.2 Å². The van der Waals surface area contributed by atoms with Crippen molar-refractivity contribution in [2.45, 2.75) is 40.2 Å². The molecule has 2 rings (SSSR count). The number of hydrogen-bond donors (Lipinski definition) is 0. The number of allylic oxidation sites excluding steroid dienone is 1. The van der Waals surface area contributed by atoms with Gasteiger partial charge in [-0.2, -0.15) is 0 Å². The normalized spacial score (nSPS) is 33.4. The first-order valence-electron chi connectivity index (χ1n) is 6.68. The lowest BCUT2D eigenvalue weighted by Crippen LogP contribution is -2.60. The van der Waals surface area contributed by atoms with Gasteiger partial charge in [0.25, 0.3) is 0 Å². The first kappa shape index (κ1) is 14.1. The molecule has 1 fully saturated rings. The van der Waals surface area contributed by atoms with Gasteiger partial charge >= 0.3 is 11.9 Å². The molecule has 2 aliphatic rings. The summed E-state index contributed by atoms with van der Waals surface area (Å²) in [4.78, 5) is 24.0. The molecule has 19 heavy (non-hydrogen) atoms. The molecule has 5 heteroatoms. The second-order valence-electron chi connectivity index (χ2n) is 5.09. The van der Waals surface area contributed by atoms with Crippen LogP contribution < -0.4 is 0 Å². The molecule has 0 aromatic rings. The molecule has 0 amide bonds. The Kier molecular flexibility index (Phi) is 3.67. The molecule has 0 bridgehead atoms. The number of carbonyl (C=O) groups excluding carboxylic acids is 2. The Morgan fingerprint density at radius 2 is 2.11 bits per heavy atom. The predicted molar refractivity (Wildman–Crippen MR) is 67.1 cm³/mol. The molecule has 3 atom stereocenters. The predicted octanol–water partition coefficient (Wildman–Crippen LogP) is 1.81. The van der Waals surface area contributed by atoms with E-state index in [2.05, 4.69) is 0 Å². The molecule has 0 aromatic carbocycles. The summed E-state index contributed by atoms with van der Waals surface area (Å²) in [5.41, 5.74) is -0.176. The Labute approximate surface area is 112 Å². The molecule has 0 spiro atoms. The Bertz CT molecular complexity index is 439. The highest BCUT2D eigenvalue weighted by molar-refractivity contribution is 5.95. The van der Waals surface area contributed by atoms with Gasteiger partial charge in [-0.3, -0.25) is 4.79 Å². The second-order valence-corrected chi connectivity index (χ2v) is 5.09. The molecule has 1 heterocycles. The van der Waals surface area contributed by atoms with Gasteiger partial charge in [0.15, 0.2) is 0 Å². The number of cyclic esters (lactones) is 1. The van der Waals surface area contributed by atoms with Gasteiger partial charge in [-0.25, -0.2) is 4.79 Å². The number of rotatable bonds is 4. The van der Waals surface area contributed by atoms with Gasteiger partial charge in [-0.1, -0.05) is 6.92 Å². The summed E-state index contributed by atoms with van der Waals surface area (Å²) < 4.78 is 15.9. The quantitative estimate of drug-likeness (QED) is 0.728. The minimum absolute atomic E-state index is 0.135. The first-order chi connectivity index (χ1) is 8.96. The van der Waals surface area contributed by atoms with E-state index in [0.717, 1.165) is 0 Å². The summed E-state index contributed by atoms with van der Waals surface area (Å²) in [5, 5.41) is 0. The van der Waals surface area contributed by atoms with Crippen LogP contribution in [0.5, 0.6) is 0 Å². The molecule has 0 aromatic heterocycles. The molecule has 1 saturated carbocycles. The van der Waals surface area contributed by atoms with Crippen molar-refractivity contribution in [1.29, 1.82) is 0 Å². The Hall–Kier alpha value is -1.36. The molecule has 106 valence electrons. The van der Waals surface area contributed by atoms with Crippen LogP contribution in [-0.2, 0) is 23.8 Å². The molecule has 1 aliphatic carbocycles. The van der Waals surface area contributed by atoms with E-state index < -0.39 is 11.4 Å². The van der Waals surface area contributed by atoms with Crippen LogP contribution in [0.3, 0.4) is 0 Å². The lowest BCUT2D eigenvalue weighted by molar-refractivity contribution is -0.186. The Morgan fingerprint density at radius 3 is 2.68 bits per heavy atom. The van der Waals surface area contributed by atoms with E-state index in [1.807, 2.05) is 13.8 Å². The van der Waals surface area contributed by atoms with Crippen molar-refractivity contribution in [3.63, 3.8) is 0 Å². The minimum Gasteiger partial charge on any atom is -0.463 e. The zero-order valence-corrected chi connectivity index (χ0v) is 11.8. The third kappa shape index (κ3) is 1.96. The van der Waals surface area contributed by atoms with Crippen LogP contribution >= 0.6 is 0 Å². The van der Waals surface area contributed by atoms with Crippen molar-refractivity contribution in [3.8, 4) is 0 Å². The van der Waals surface area contributed by atoms with Crippen molar-refractivity contribution in [3.05, 3.63) is 11.3 Å². The average molecular weight is 268 g/mol. The molecule has 0 radical (unpaired) electrons. The maximum absolute atomic E-state index is 12.1. The molecule has 5 nitrogen and oxygen atoms in total. The highest BCUT2D eigenvalue weighted by Gasteiger charge is 2.63. The van der Waals surface area contributed by atoms with E-state index in [0.29, 0.717) is 31.0 Å². The van der Waals surface area contributed by atoms with E-state index in [9.17, 15) is 9.59 Å². The largest absolute Gasteiger partial charge is 0.463 e. The van der Waals surface area contributed by atoms with Gasteiger partial charge in [0, 0.05) is 12.0 Å². The summed E-state index contributed by atoms with van der Waals surface area (Å²) in [5.74, 6) is -0.660.